The molecule has 92 valence electrons. The fraction of sp³-hybridized carbons (Fsp3) is 0.467. The van der Waals surface area contributed by atoms with Crippen LogP contribution >= 0.6 is 15.9 Å². The van der Waals surface area contributed by atoms with Gasteiger partial charge in [0, 0.05) is 11.1 Å². The summed E-state index contributed by atoms with van der Waals surface area (Å²) >= 11 is 3.52. The Balaban J connectivity index is 2.40. The molecule has 0 amide bonds. The zero-order valence-corrected chi connectivity index (χ0v) is 11.9. The highest BCUT2D eigenvalue weighted by atomic mass is 79.9. The average molecular weight is 295 g/mol. The third kappa shape index (κ3) is 2.63. The largest absolute Gasteiger partial charge is 0.370 e. The molecular weight excluding hydrogens is 276 g/mol. The van der Waals surface area contributed by atoms with E-state index in [1.165, 1.54) is 24.0 Å². The van der Waals surface area contributed by atoms with Crippen molar-refractivity contribution in [2.24, 2.45) is 0 Å². The molecule has 1 nitrogen and oxygen atoms in total. The molecule has 1 heterocycles. The summed E-state index contributed by atoms with van der Waals surface area (Å²) in [6, 6.07) is 6.46. The second-order valence-electron chi connectivity index (χ2n) is 4.75. The number of hydrogen-bond acceptors (Lipinski definition) is 1. The third-order valence-corrected chi connectivity index (χ3v) is 4.00. The molecule has 1 unspecified atom stereocenters. The molecule has 1 aromatic carbocycles. The molecule has 1 aliphatic heterocycles. The highest BCUT2D eigenvalue weighted by molar-refractivity contribution is 9.10. The third-order valence-electron chi connectivity index (χ3n) is 3.51. The van der Waals surface area contributed by atoms with Crippen LogP contribution in [0, 0.1) is 6.92 Å². The minimum Gasteiger partial charge on any atom is -0.370 e. The van der Waals surface area contributed by atoms with E-state index in [1.807, 2.05) is 6.08 Å². The molecule has 0 bridgehead atoms. The first-order chi connectivity index (χ1) is 8.18. The number of halogens is 1. The number of benzene rings is 1. The summed E-state index contributed by atoms with van der Waals surface area (Å²) in [6.07, 6.45) is 6.39. The van der Waals surface area contributed by atoms with Gasteiger partial charge in [0.15, 0.2) is 0 Å². The van der Waals surface area contributed by atoms with Crippen molar-refractivity contribution in [3.05, 3.63) is 46.5 Å². The van der Waals surface area contributed by atoms with Gasteiger partial charge in [-0.25, -0.2) is 0 Å². The summed E-state index contributed by atoms with van der Waals surface area (Å²) in [7, 11) is 0. The molecule has 1 atom stereocenters. The quantitative estimate of drug-likeness (QED) is 0.733. The van der Waals surface area contributed by atoms with Crippen LogP contribution in [-0.4, -0.2) is 6.61 Å². The Morgan fingerprint density at radius 2 is 2.29 bits per heavy atom. The maximum Gasteiger partial charge on any atom is 0.0967 e. The molecule has 0 N–H and O–H groups in total. The lowest BCUT2D eigenvalue weighted by Gasteiger charge is -2.38. The van der Waals surface area contributed by atoms with Crippen LogP contribution in [0.3, 0.4) is 0 Å². The first kappa shape index (κ1) is 12.8. The standard InChI is InChI=1S/C15H19BrO/c1-3-8-15(9-4-5-10-17-15)14-7-6-13(16)11-12(14)2/h3,6-7,11H,1,4-5,8-10H2,2H3. The highest BCUT2D eigenvalue weighted by Gasteiger charge is 2.35. The first-order valence-corrected chi connectivity index (χ1v) is 6.99. The van der Waals surface area contributed by atoms with Crippen LogP contribution in [0.2, 0.25) is 0 Å². The van der Waals surface area contributed by atoms with E-state index in [0.29, 0.717) is 0 Å². The Morgan fingerprint density at radius 3 is 2.88 bits per heavy atom. The summed E-state index contributed by atoms with van der Waals surface area (Å²) in [5, 5.41) is 0. The fourth-order valence-electron chi connectivity index (χ4n) is 2.71. The van der Waals surface area contributed by atoms with E-state index in [-0.39, 0.29) is 5.60 Å². The van der Waals surface area contributed by atoms with Gasteiger partial charge >= 0.3 is 0 Å². The maximum atomic E-state index is 6.13. The van der Waals surface area contributed by atoms with Gasteiger partial charge in [0.25, 0.3) is 0 Å². The minimum absolute atomic E-state index is 0.134. The van der Waals surface area contributed by atoms with Crippen molar-refractivity contribution in [3.63, 3.8) is 0 Å². The molecule has 1 saturated heterocycles. The second-order valence-corrected chi connectivity index (χ2v) is 5.67. The van der Waals surface area contributed by atoms with Gasteiger partial charge in [-0.2, -0.15) is 0 Å². The zero-order valence-electron chi connectivity index (χ0n) is 10.3. The van der Waals surface area contributed by atoms with E-state index in [2.05, 4.69) is 47.6 Å². The first-order valence-electron chi connectivity index (χ1n) is 6.19. The average Bonchev–Trinajstić information content (AvgIpc) is 2.30. The molecule has 2 rings (SSSR count). The summed E-state index contributed by atoms with van der Waals surface area (Å²) in [4.78, 5) is 0. The molecule has 1 aromatic rings. The highest BCUT2D eigenvalue weighted by Crippen LogP contribution is 2.40. The van der Waals surface area contributed by atoms with Gasteiger partial charge < -0.3 is 4.74 Å². The van der Waals surface area contributed by atoms with Crippen molar-refractivity contribution in [2.75, 3.05) is 6.61 Å². The zero-order chi connectivity index (χ0) is 12.3. The van der Waals surface area contributed by atoms with E-state index in [1.54, 1.807) is 0 Å². The normalized spacial score (nSPS) is 24.6. The number of hydrogen-bond donors (Lipinski definition) is 0. The monoisotopic (exact) mass is 294 g/mol. The van der Waals surface area contributed by atoms with Crippen LogP contribution in [0.1, 0.15) is 36.8 Å². The van der Waals surface area contributed by atoms with Crippen molar-refractivity contribution in [2.45, 2.75) is 38.2 Å². The Morgan fingerprint density at radius 1 is 1.47 bits per heavy atom. The molecule has 0 aliphatic carbocycles. The summed E-state index contributed by atoms with van der Waals surface area (Å²) in [5.74, 6) is 0. The molecule has 0 aromatic heterocycles. The lowest BCUT2D eigenvalue weighted by Crippen LogP contribution is -2.33. The minimum atomic E-state index is -0.134. The SMILES string of the molecule is C=CCC1(c2ccc(Br)cc2C)CCCCO1. The van der Waals surface area contributed by atoms with Gasteiger partial charge in [-0.1, -0.05) is 28.1 Å². The smallest absolute Gasteiger partial charge is 0.0967 e. The Bertz CT molecular complexity index is 405. The molecule has 0 saturated carbocycles. The summed E-state index contributed by atoms with van der Waals surface area (Å²) in [6.45, 7) is 6.90. The van der Waals surface area contributed by atoms with Crippen LogP contribution in [-0.2, 0) is 10.3 Å². The van der Waals surface area contributed by atoms with E-state index >= 15 is 0 Å². The van der Waals surface area contributed by atoms with Crippen molar-refractivity contribution >= 4 is 15.9 Å². The predicted molar refractivity (Wildman–Crippen MR) is 75.2 cm³/mol. The van der Waals surface area contributed by atoms with Gasteiger partial charge in [0.1, 0.15) is 0 Å². The van der Waals surface area contributed by atoms with Crippen LogP contribution in [0.4, 0.5) is 0 Å². The van der Waals surface area contributed by atoms with Crippen LogP contribution in [0.15, 0.2) is 35.3 Å². The topological polar surface area (TPSA) is 9.23 Å². The van der Waals surface area contributed by atoms with E-state index in [0.717, 1.165) is 23.9 Å². The van der Waals surface area contributed by atoms with Crippen LogP contribution < -0.4 is 0 Å². The number of ether oxygens (including phenoxy) is 1. The lowest BCUT2D eigenvalue weighted by molar-refractivity contribution is -0.0822. The lowest BCUT2D eigenvalue weighted by atomic mass is 9.81. The van der Waals surface area contributed by atoms with Gasteiger partial charge in [0.05, 0.1) is 5.60 Å². The second kappa shape index (κ2) is 5.36. The summed E-state index contributed by atoms with van der Waals surface area (Å²) in [5.41, 5.74) is 2.48. The van der Waals surface area contributed by atoms with Crippen molar-refractivity contribution in [3.8, 4) is 0 Å². The maximum absolute atomic E-state index is 6.13. The Hall–Kier alpha value is -0.600. The summed E-state index contributed by atoms with van der Waals surface area (Å²) < 4.78 is 7.25. The van der Waals surface area contributed by atoms with Gasteiger partial charge in [-0.15, -0.1) is 6.58 Å². The molecular formula is C15H19BrO. The molecule has 0 spiro atoms. The Labute approximate surface area is 112 Å². The number of aryl methyl sites for hydroxylation is 1. The van der Waals surface area contributed by atoms with E-state index in [4.69, 9.17) is 4.74 Å². The molecule has 2 heteroatoms. The van der Waals surface area contributed by atoms with Gasteiger partial charge in [-0.05, 0) is 55.9 Å². The van der Waals surface area contributed by atoms with Crippen molar-refractivity contribution in [1.82, 2.24) is 0 Å². The Kier molecular flexibility index (Phi) is 4.05. The van der Waals surface area contributed by atoms with E-state index < -0.39 is 0 Å². The van der Waals surface area contributed by atoms with Crippen LogP contribution in [0.25, 0.3) is 0 Å². The van der Waals surface area contributed by atoms with Gasteiger partial charge in [-0.3, -0.25) is 0 Å². The van der Waals surface area contributed by atoms with Crippen molar-refractivity contribution < 1.29 is 4.74 Å². The van der Waals surface area contributed by atoms with Gasteiger partial charge in [0.2, 0.25) is 0 Å². The predicted octanol–water partition coefficient (Wildman–Crippen LogP) is 4.73. The molecule has 0 radical (unpaired) electrons. The fourth-order valence-corrected chi connectivity index (χ4v) is 3.18. The molecule has 17 heavy (non-hydrogen) atoms. The van der Waals surface area contributed by atoms with Crippen molar-refractivity contribution in [1.29, 1.82) is 0 Å². The number of rotatable bonds is 3. The van der Waals surface area contributed by atoms with Crippen LogP contribution in [0.5, 0.6) is 0 Å². The van der Waals surface area contributed by atoms with E-state index in [9.17, 15) is 0 Å². The molecule has 1 fully saturated rings. The molecule has 1 aliphatic rings.